The van der Waals surface area contributed by atoms with Crippen LogP contribution in [0.1, 0.15) is 31.4 Å². The van der Waals surface area contributed by atoms with Gasteiger partial charge in [0.25, 0.3) is 0 Å². The van der Waals surface area contributed by atoms with Gasteiger partial charge < -0.3 is 14.8 Å². The molecule has 1 aromatic carbocycles. The quantitative estimate of drug-likeness (QED) is 0.902. The van der Waals surface area contributed by atoms with Crippen LogP contribution in [0.4, 0.5) is 8.78 Å². The van der Waals surface area contributed by atoms with Gasteiger partial charge in [-0.25, -0.2) is 8.78 Å². The van der Waals surface area contributed by atoms with Crippen LogP contribution in [0.3, 0.4) is 0 Å². The number of nitrogens with one attached hydrogen (secondary N) is 1. The lowest BCUT2D eigenvalue weighted by Gasteiger charge is -2.43. The van der Waals surface area contributed by atoms with Gasteiger partial charge in [-0.15, -0.1) is 0 Å². The normalized spacial score (nSPS) is 19.8. The maximum absolute atomic E-state index is 13.5. The number of methoxy groups -OCH3 is 1. The Morgan fingerprint density at radius 3 is 2.55 bits per heavy atom. The summed E-state index contributed by atoms with van der Waals surface area (Å²) < 4.78 is 37.8. The minimum absolute atomic E-state index is 0.184. The fraction of sp³-hybridized carbons (Fsp3) is 0.600. The van der Waals surface area contributed by atoms with Crippen molar-refractivity contribution in [2.24, 2.45) is 0 Å². The first-order valence-corrected chi connectivity index (χ1v) is 6.94. The summed E-state index contributed by atoms with van der Waals surface area (Å²) in [6.07, 6.45) is 1.44. The van der Waals surface area contributed by atoms with Crippen LogP contribution in [0.5, 0.6) is 0 Å². The minimum atomic E-state index is -0.831. The average Bonchev–Trinajstić information content (AvgIpc) is 2.48. The Hall–Kier alpha value is -1.04. The Kier molecular flexibility index (Phi) is 5.07. The Morgan fingerprint density at radius 2 is 2.00 bits per heavy atom. The summed E-state index contributed by atoms with van der Waals surface area (Å²) in [5.74, 6) is -1.66. The van der Waals surface area contributed by atoms with Gasteiger partial charge >= 0.3 is 0 Å². The van der Waals surface area contributed by atoms with Crippen LogP contribution >= 0.6 is 0 Å². The van der Waals surface area contributed by atoms with Gasteiger partial charge in [0.05, 0.1) is 11.6 Å². The summed E-state index contributed by atoms with van der Waals surface area (Å²) in [7, 11) is 1.66. The largest absolute Gasteiger partial charge is 0.381 e. The fourth-order valence-electron chi connectivity index (χ4n) is 2.83. The van der Waals surface area contributed by atoms with Gasteiger partial charge in [-0.2, -0.15) is 0 Å². The summed E-state index contributed by atoms with van der Waals surface area (Å²) in [5, 5.41) is 3.34. The zero-order chi connectivity index (χ0) is 14.6. The molecule has 0 spiro atoms. The number of halogens is 2. The van der Waals surface area contributed by atoms with E-state index >= 15 is 0 Å². The molecule has 3 nitrogen and oxygen atoms in total. The predicted octanol–water partition coefficient (Wildman–Crippen LogP) is 2.81. The van der Waals surface area contributed by atoms with Gasteiger partial charge in [-0.3, -0.25) is 0 Å². The summed E-state index contributed by atoms with van der Waals surface area (Å²) in [6, 6.07) is 3.84. The van der Waals surface area contributed by atoms with Crippen LogP contribution in [0, 0.1) is 11.6 Å². The molecule has 5 heteroatoms. The molecule has 0 aromatic heterocycles. The Bertz CT molecular complexity index is 447. The van der Waals surface area contributed by atoms with Gasteiger partial charge in [0.15, 0.2) is 11.6 Å². The van der Waals surface area contributed by atoms with Crippen LogP contribution in [-0.2, 0) is 9.47 Å². The second-order valence-corrected chi connectivity index (χ2v) is 5.05. The SMILES string of the molecule is CCNC(c1ccc(F)c(F)c1)C1(OC)CCOCC1. The second kappa shape index (κ2) is 6.61. The van der Waals surface area contributed by atoms with Crippen molar-refractivity contribution in [1.29, 1.82) is 0 Å². The summed E-state index contributed by atoms with van der Waals surface area (Å²) in [4.78, 5) is 0. The predicted molar refractivity (Wildman–Crippen MR) is 72.6 cm³/mol. The number of likely N-dealkylation sites (N-methyl/N-ethyl adjacent to an activating group) is 1. The van der Waals surface area contributed by atoms with Crippen LogP contribution in [0.2, 0.25) is 0 Å². The van der Waals surface area contributed by atoms with E-state index in [-0.39, 0.29) is 6.04 Å². The van der Waals surface area contributed by atoms with E-state index in [4.69, 9.17) is 9.47 Å². The second-order valence-electron chi connectivity index (χ2n) is 5.05. The zero-order valence-corrected chi connectivity index (χ0v) is 11.9. The monoisotopic (exact) mass is 285 g/mol. The average molecular weight is 285 g/mol. The summed E-state index contributed by atoms with van der Waals surface area (Å²) in [6.45, 7) is 3.92. The molecule has 1 saturated heterocycles. The summed E-state index contributed by atoms with van der Waals surface area (Å²) in [5.41, 5.74) is 0.257. The lowest BCUT2D eigenvalue weighted by Crippen LogP contribution is -2.49. The third kappa shape index (κ3) is 3.00. The maximum Gasteiger partial charge on any atom is 0.159 e. The molecule has 1 aliphatic rings. The van der Waals surface area contributed by atoms with E-state index in [0.717, 1.165) is 25.5 Å². The number of ether oxygens (including phenoxy) is 2. The first kappa shape index (κ1) is 15.4. The molecule has 0 bridgehead atoms. The Labute approximate surface area is 118 Å². The van der Waals surface area contributed by atoms with Crippen molar-refractivity contribution in [3.8, 4) is 0 Å². The van der Waals surface area contributed by atoms with E-state index in [1.54, 1.807) is 13.2 Å². The van der Waals surface area contributed by atoms with Crippen LogP contribution in [0.25, 0.3) is 0 Å². The molecule has 112 valence electrons. The van der Waals surface area contributed by atoms with Gasteiger partial charge in [0.2, 0.25) is 0 Å². The van der Waals surface area contributed by atoms with E-state index in [2.05, 4.69) is 5.32 Å². The molecule has 1 heterocycles. The molecule has 1 atom stereocenters. The van der Waals surface area contributed by atoms with Crippen molar-refractivity contribution in [3.63, 3.8) is 0 Å². The molecule has 0 aliphatic carbocycles. The van der Waals surface area contributed by atoms with Gasteiger partial charge in [-0.1, -0.05) is 13.0 Å². The highest BCUT2D eigenvalue weighted by molar-refractivity contribution is 5.24. The smallest absolute Gasteiger partial charge is 0.159 e. The number of benzene rings is 1. The molecule has 1 aliphatic heterocycles. The van der Waals surface area contributed by atoms with Crippen molar-refractivity contribution in [3.05, 3.63) is 35.4 Å². The first-order chi connectivity index (χ1) is 9.63. The van der Waals surface area contributed by atoms with Crippen LogP contribution in [-0.4, -0.2) is 32.5 Å². The molecule has 20 heavy (non-hydrogen) atoms. The van der Waals surface area contributed by atoms with Crippen molar-refractivity contribution in [2.45, 2.75) is 31.4 Å². The van der Waals surface area contributed by atoms with Crippen molar-refractivity contribution in [1.82, 2.24) is 5.32 Å². The maximum atomic E-state index is 13.5. The van der Waals surface area contributed by atoms with Crippen LogP contribution in [0.15, 0.2) is 18.2 Å². The number of rotatable bonds is 5. The summed E-state index contributed by atoms with van der Waals surface area (Å²) >= 11 is 0. The highest BCUT2D eigenvalue weighted by atomic mass is 19.2. The number of hydrogen-bond donors (Lipinski definition) is 1. The molecule has 1 unspecified atom stereocenters. The molecule has 0 saturated carbocycles. The molecule has 1 aromatic rings. The number of hydrogen-bond acceptors (Lipinski definition) is 3. The zero-order valence-electron chi connectivity index (χ0n) is 11.9. The van der Waals surface area contributed by atoms with Crippen molar-refractivity contribution in [2.75, 3.05) is 26.9 Å². The first-order valence-electron chi connectivity index (χ1n) is 6.94. The van der Waals surface area contributed by atoms with Crippen LogP contribution < -0.4 is 5.32 Å². The standard InChI is InChI=1S/C15H21F2NO2/c1-3-18-14(11-4-5-12(16)13(17)10-11)15(19-2)6-8-20-9-7-15/h4-5,10,14,18H,3,6-9H2,1-2H3. The van der Waals surface area contributed by atoms with E-state index in [9.17, 15) is 8.78 Å². The molecule has 0 amide bonds. The lowest BCUT2D eigenvalue weighted by molar-refractivity contribution is -0.111. The van der Waals surface area contributed by atoms with E-state index in [1.807, 2.05) is 6.92 Å². The molecule has 1 fully saturated rings. The Morgan fingerprint density at radius 1 is 1.30 bits per heavy atom. The van der Waals surface area contributed by atoms with Gasteiger partial charge in [-0.05, 0) is 24.2 Å². The van der Waals surface area contributed by atoms with Gasteiger partial charge in [0.1, 0.15) is 0 Å². The van der Waals surface area contributed by atoms with E-state index in [1.165, 1.54) is 6.07 Å². The molecule has 2 rings (SSSR count). The highest BCUT2D eigenvalue weighted by Crippen LogP contribution is 2.37. The van der Waals surface area contributed by atoms with Crippen molar-refractivity contribution >= 4 is 0 Å². The fourth-order valence-corrected chi connectivity index (χ4v) is 2.83. The minimum Gasteiger partial charge on any atom is -0.381 e. The van der Waals surface area contributed by atoms with Crippen molar-refractivity contribution < 1.29 is 18.3 Å². The topological polar surface area (TPSA) is 30.5 Å². The highest BCUT2D eigenvalue weighted by Gasteiger charge is 2.41. The Balaban J connectivity index is 2.35. The third-order valence-corrected chi connectivity index (χ3v) is 3.96. The molecule has 0 radical (unpaired) electrons. The third-order valence-electron chi connectivity index (χ3n) is 3.96. The van der Waals surface area contributed by atoms with E-state index < -0.39 is 17.2 Å². The molecular weight excluding hydrogens is 264 g/mol. The molecular formula is C15H21F2NO2. The van der Waals surface area contributed by atoms with Gasteiger partial charge in [0, 0.05) is 33.2 Å². The van der Waals surface area contributed by atoms with E-state index in [0.29, 0.717) is 18.8 Å². The molecule has 1 N–H and O–H groups in total. The lowest BCUT2D eigenvalue weighted by atomic mass is 9.82.